The summed E-state index contributed by atoms with van der Waals surface area (Å²) in [5, 5.41) is 25.4. The molecule has 1 aromatic carbocycles. The largest absolute Gasteiger partial charge is 0.394 e. The van der Waals surface area contributed by atoms with E-state index in [-0.39, 0.29) is 18.7 Å². The smallest absolute Gasteiger partial charge is 0.319 e. The third-order valence-corrected chi connectivity index (χ3v) is 2.65. The molecule has 0 saturated carbocycles. The lowest BCUT2D eigenvalue weighted by molar-refractivity contribution is 0.229. The maximum Gasteiger partial charge on any atom is 0.319 e. The normalized spacial score (nSPS) is 11.9. The first-order chi connectivity index (χ1) is 9.60. The maximum absolute atomic E-state index is 11.7. The highest BCUT2D eigenvalue weighted by atomic mass is 16.3. The van der Waals surface area contributed by atoms with Crippen LogP contribution in [0.5, 0.6) is 0 Å². The van der Waals surface area contributed by atoms with Gasteiger partial charge in [-0.1, -0.05) is 12.1 Å². The Morgan fingerprint density at radius 3 is 2.95 bits per heavy atom. The molecule has 8 heteroatoms. The van der Waals surface area contributed by atoms with Gasteiger partial charge in [-0.05, 0) is 29.5 Å². The van der Waals surface area contributed by atoms with Gasteiger partial charge in [-0.2, -0.15) is 0 Å². The first-order valence-corrected chi connectivity index (χ1v) is 6.11. The predicted octanol–water partition coefficient (Wildman–Crippen LogP) is 0.379. The zero-order valence-corrected chi connectivity index (χ0v) is 11.2. The van der Waals surface area contributed by atoms with E-state index in [0.717, 1.165) is 5.56 Å². The van der Waals surface area contributed by atoms with Crippen molar-refractivity contribution in [3.63, 3.8) is 0 Å². The van der Waals surface area contributed by atoms with Gasteiger partial charge >= 0.3 is 6.03 Å². The number of nitrogens with zero attached hydrogens (tertiary/aromatic N) is 4. The number of aliphatic hydroxyl groups is 1. The summed E-state index contributed by atoms with van der Waals surface area (Å²) in [6.07, 6.45) is 0. The highest BCUT2D eigenvalue weighted by Crippen LogP contribution is 2.19. The SMILES string of the molecule is C[C@H](CO)NC(=O)Nc1cccc(-c2nnnn2C)c1. The van der Waals surface area contributed by atoms with E-state index >= 15 is 0 Å². The number of hydrogen-bond acceptors (Lipinski definition) is 5. The molecular formula is C12H16N6O2. The molecule has 0 bridgehead atoms. The molecule has 2 amide bonds. The average Bonchev–Trinajstić information content (AvgIpc) is 2.85. The maximum atomic E-state index is 11.7. The average molecular weight is 276 g/mol. The van der Waals surface area contributed by atoms with Gasteiger partial charge in [-0.15, -0.1) is 5.10 Å². The second-order valence-electron chi connectivity index (χ2n) is 4.39. The number of amides is 2. The Balaban J connectivity index is 2.11. The van der Waals surface area contributed by atoms with Crippen LogP contribution < -0.4 is 10.6 Å². The van der Waals surface area contributed by atoms with E-state index in [1.54, 1.807) is 36.9 Å². The van der Waals surface area contributed by atoms with E-state index in [1.807, 2.05) is 6.07 Å². The van der Waals surface area contributed by atoms with Crippen molar-refractivity contribution in [2.45, 2.75) is 13.0 Å². The van der Waals surface area contributed by atoms with Crippen molar-refractivity contribution in [1.82, 2.24) is 25.5 Å². The van der Waals surface area contributed by atoms with Crippen molar-refractivity contribution in [1.29, 1.82) is 0 Å². The topological polar surface area (TPSA) is 105 Å². The lowest BCUT2D eigenvalue weighted by Crippen LogP contribution is -2.38. The number of nitrogens with one attached hydrogen (secondary N) is 2. The molecule has 106 valence electrons. The molecular weight excluding hydrogens is 260 g/mol. The molecule has 3 N–H and O–H groups in total. The molecule has 0 aliphatic carbocycles. The Morgan fingerprint density at radius 1 is 1.50 bits per heavy atom. The summed E-state index contributed by atoms with van der Waals surface area (Å²) < 4.78 is 1.55. The molecule has 0 radical (unpaired) electrons. The zero-order valence-electron chi connectivity index (χ0n) is 11.2. The molecule has 0 aliphatic heterocycles. The number of aromatic nitrogens is 4. The standard InChI is InChI=1S/C12H16N6O2/c1-8(7-19)13-12(20)14-10-5-3-4-9(6-10)11-15-16-17-18(11)2/h3-6,8,19H,7H2,1-2H3,(H2,13,14,20)/t8-/m1/s1. The molecule has 2 rings (SSSR count). The summed E-state index contributed by atoms with van der Waals surface area (Å²) in [4.78, 5) is 11.7. The van der Waals surface area contributed by atoms with E-state index < -0.39 is 0 Å². The fourth-order valence-corrected chi connectivity index (χ4v) is 1.65. The lowest BCUT2D eigenvalue weighted by Gasteiger charge is -2.12. The molecule has 0 spiro atoms. The van der Waals surface area contributed by atoms with Crippen molar-refractivity contribution in [3.05, 3.63) is 24.3 Å². The predicted molar refractivity (Wildman–Crippen MR) is 72.9 cm³/mol. The summed E-state index contributed by atoms with van der Waals surface area (Å²) in [6.45, 7) is 1.60. The van der Waals surface area contributed by atoms with Crippen LogP contribution in [0.3, 0.4) is 0 Å². The van der Waals surface area contributed by atoms with E-state index in [1.165, 1.54) is 0 Å². The minimum absolute atomic E-state index is 0.113. The highest BCUT2D eigenvalue weighted by Gasteiger charge is 2.09. The van der Waals surface area contributed by atoms with E-state index in [4.69, 9.17) is 5.11 Å². The monoisotopic (exact) mass is 276 g/mol. The van der Waals surface area contributed by atoms with Crippen molar-refractivity contribution in [2.24, 2.45) is 7.05 Å². The quantitative estimate of drug-likeness (QED) is 0.748. The van der Waals surface area contributed by atoms with Gasteiger partial charge < -0.3 is 15.7 Å². The Labute approximate surface area is 115 Å². The van der Waals surface area contributed by atoms with Gasteiger partial charge in [0.1, 0.15) is 0 Å². The number of carbonyl (C=O) groups excluding carboxylic acids is 1. The van der Waals surface area contributed by atoms with Crippen molar-refractivity contribution >= 4 is 11.7 Å². The third-order valence-electron chi connectivity index (χ3n) is 2.65. The molecule has 0 unspecified atom stereocenters. The Hall–Kier alpha value is -2.48. The first-order valence-electron chi connectivity index (χ1n) is 6.11. The minimum atomic E-state index is -0.375. The molecule has 2 aromatic rings. The van der Waals surface area contributed by atoms with Gasteiger partial charge in [-0.3, -0.25) is 0 Å². The molecule has 0 fully saturated rings. The van der Waals surface area contributed by atoms with Crippen LogP contribution in [0.25, 0.3) is 11.4 Å². The molecule has 8 nitrogen and oxygen atoms in total. The van der Waals surface area contributed by atoms with E-state index in [9.17, 15) is 4.79 Å². The van der Waals surface area contributed by atoms with Crippen LogP contribution in [0, 0.1) is 0 Å². The molecule has 1 aromatic heterocycles. The number of anilines is 1. The van der Waals surface area contributed by atoms with Crippen LogP contribution in [0.2, 0.25) is 0 Å². The summed E-state index contributed by atoms with van der Waals surface area (Å²) in [5.41, 5.74) is 1.42. The van der Waals surface area contributed by atoms with Crippen molar-refractivity contribution in [3.8, 4) is 11.4 Å². The number of aliphatic hydroxyl groups excluding tert-OH is 1. The second-order valence-corrected chi connectivity index (χ2v) is 4.39. The summed E-state index contributed by atoms with van der Waals surface area (Å²) >= 11 is 0. The van der Waals surface area contributed by atoms with Crippen LogP contribution in [-0.2, 0) is 7.05 Å². The summed E-state index contributed by atoms with van der Waals surface area (Å²) in [7, 11) is 1.74. The van der Waals surface area contributed by atoms with E-state index in [0.29, 0.717) is 11.5 Å². The fourth-order valence-electron chi connectivity index (χ4n) is 1.65. The van der Waals surface area contributed by atoms with Crippen LogP contribution >= 0.6 is 0 Å². The van der Waals surface area contributed by atoms with Crippen LogP contribution in [0.15, 0.2) is 24.3 Å². The second kappa shape index (κ2) is 6.11. The fraction of sp³-hybridized carbons (Fsp3) is 0.333. The highest BCUT2D eigenvalue weighted by molar-refractivity contribution is 5.90. The van der Waals surface area contributed by atoms with Crippen molar-refractivity contribution < 1.29 is 9.90 Å². The summed E-state index contributed by atoms with van der Waals surface area (Å²) in [5.74, 6) is 0.609. The van der Waals surface area contributed by atoms with E-state index in [2.05, 4.69) is 26.2 Å². The number of urea groups is 1. The molecule has 0 saturated heterocycles. The molecule has 1 atom stereocenters. The number of rotatable bonds is 4. The van der Waals surface area contributed by atoms with Crippen LogP contribution in [0.1, 0.15) is 6.92 Å². The first kappa shape index (κ1) is 13.9. The lowest BCUT2D eigenvalue weighted by atomic mass is 10.2. The van der Waals surface area contributed by atoms with Gasteiger partial charge in [-0.25, -0.2) is 9.48 Å². The Bertz CT molecular complexity index is 597. The third kappa shape index (κ3) is 3.29. The number of carbonyl (C=O) groups is 1. The van der Waals surface area contributed by atoms with Gasteiger partial charge in [0.2, 0.25) is 0 Å². The Morgan fingerprint density at radius 2 is 2.30 bits per heavy atom. The van der Waals surface area contributed by atoms with Gasteiger partial charge in [0.05, 0.1) is 12.6 Å². The van der Waals surface area contributed by atoms with Gasteiger partial charge in [0, 0.05) is 18.3 Å². The number of hydrogen-bond donors (Lipinski definition) is 3. The number of tetrazole rings is 1. The number of benzene rings is 1. The molecule has 20 heavy (non-hydrogen) atoms. The molecule has 1 heterocycles. The zero-order chi connectivity index (χ0) is 14.5. The van der Waals surface area contributed by atoms with Crippen LogP contribution in [0.4, 0.5) is 10.5 Å². The van der Waals surface area contributed by atoms with Crippen LogP contribution in [-0.4, -0.2) is 44.0 Å². The van der Waals surface area contributed by atoms with Gasteiger partial charge in [0.15, 0.2) is 5.82 Å². The van der Waals surface area contributed by atoms with Crippen molar-refractivity contribution in [2.75, 3.05) is 11.9 Å². The summed E-state index contributed by atoms with van der Waals surface area (Å²) in [6, 6.07) is 6.51. The number of aryl methyl sites for hydroxylation is 1. The Kier molecular flexibility index (Phi) is 4.26. The minimum Gasteiger partial charge on any atom is -0.394 e. The molecule has 0 aliphatic rings. The van der Waals surface area contributed by atoms with Gasteiger partial charge in [0.25, 0.3) is 0 Å².